The molecule has 2 aromatic heterocycles. The van der Waals surface area contributed by atoms with Gasteiger partial charge >= 0.3 is 5.97 Å². The highest BCUT2D eigenvalue weighted by atomic mass is 16.5. The molecule has 1 aliphatic heterocycles. The summed E-state index contributed by atoms with van der Waals surface area (Å²) in [6, 6.07) is 3.44. The Balaban J connectivity index is 2.38. The molecule has 0 aromatic carbocycles. The molecule has 3 heterocycles. The van der Waals surface area contributed by atoms with Gasteiger partial charge in [0.2, 0.25) is 0 Å². The largest absolute Gasteiger partial charge is 0.465 e. The van der Waals surface area contributed by atoms with Crippen molar-refractivity contribution in [3.63, 3.8) is 0 Å². The fourth-order valence-corrected chi connectivity index (χ4v) is 3.62. The van der Waals surface area contributed by atoms with Crippen LogP contribution in [0.2, 0.25) is 0 Å². The number of hydrogen-bond acceptors (Lipinski definition) is 4. The van der Waals surface area contributed by atoms with Gasteiger partial charge in [-0.05, 0) is 30.9 Å². The Kier molecular flexibility index (Phi) is 4.14. The number of ether oxygens (including phenoxy) is 1. The van der Waals surface area contributed by atoms with Crippen LogP contribution in [0, 0.1) is 12.8 Å². The van der Waals surface area contributed by atoms with Gasteiger partial charge < -0.3 is 13.9 Å². The van der Waals surface area contributed by atoms with E-state index in [0.717, 1.165) is 17.7 Å². The molecule has 25 heavy (non-hydrogen) atoms. The number of nitrogens with zero attached hydrogens (tertiary/aromatic N) is 2. The lowest BCUT2D eigenvalue weighted by molar-refractivity contribution is 0.0598. The molecule has 0 N–H and O–H groups in total. The van der Waals surface area contributed by atoms with Crippen molar-refractivity contribution < 1.29 is 9.53 Å². The standard InChI is InChI=1S/C19H22N2O4/c1-10(2)14-7-12-6-11(3)18(23)20(4)17(12)15-8-16(22)13(9-21(14)15)19(24)25-5/h6,8-10,14H,7H2,1-5H3/t14-/m0/s1. The molecule has 1 atom stereocenters. The van der Waals surface area contributed by atoms with Crippen LogP contribution < -0.4 is 11.0 Å². The van der Waals surface area contributed by atoms with Crippen molar-refractivity contribution in [2.45, 2.75) is 33.2 Å². The number of carbonyl (C=O) groups excluding carboxylic acids is 1. The minimum Gasteiger partial charge on any atom is -0.465 e. The fraction of sp³-hybridized carbons (Fsp3) is 0.421. The van der Waals surface area contributed by atoms with Crippen LogP contribution in [0.1, 0.15) is 41.4 Å². The Morgan fingerprint density at radius 1 is 1.28 bits per heavy atom. The highest BCUT2D eigenvalue weighted by molar-refractivity contribution is 5.89. The predicted molar refractivity (Wildman–Crippen MR) is 95.0 cm³/mol. The van der Waals surface area contributed by atoms with E-state index in [1.54, 1.807) is 24.7 Å². The van der Waals surface area contributed by atoms with Crippen molar-refractivity contribution in [1.82, 2.24) is 9.13 Å². The van der Waals surface area contributed by atoms with E-state index < -0.39 is 11.4 Å². The van der Waals surface area contributed by atoms with Gasteiger partial charge in [0, 0.05) is 30.9 Å². The average Bonchev–Trinajstić information content (AvgIpc) is 2.57. The summed E-state index contributed by atoms with van der Waals surface area (Å²) in [6.07, 6.45) is 2.31. The first-order chi connectivity index (χ1) is 11.8. The van der Waals surface area contributed by atoms with Crippen LogP contribution in [-0.4, -0.2) is 22.2 Å². The molecule has 3 rings (SSSR count). The molecule has 2 aromatic rings. The molecule has 6 nitrogen and oxygen atoms in total. The second-order valence-corrected chi connectivity index (χ2v) is 6.92. The maximum absolute atomic E-state index is 12.4. The average molecular weight is 342 g/mol. The number of hydrogen-bond donors (Lipinski definition) is 0. The summed E-state index contributed by atoms with van der Waals surface area (Å²) in [5.41, 5.74) is 2.66. The number of methoxy groups -OCH3 is 1. The van der Waals surface area contributed by atoms with Gasteiger partial charge in [0.1, 0.15) is 5.56 Å². The molecule has 0 amide bonds. The normalized spacial score (nSPS) is 15.7. The van der Waals surface area contributed by atoms with Crippen molar-refractivity contribution in [2.24, 2.45) is 13.0 Å². The Morgan fingerprint density at radius 2 is 1.96 bits per heavy atom. The lowest BCUT2D eigenvalue weighted by atomic mass is 9.89. The summed E-state index contributed by atoms with van der Waals surface area (Å²) in [5, 5.41) is 0. The van der Waals surface area contributed by atoms with Crippen LogP contribution >= 0.6 is 0 Å². The maximum Gasteiger partial charge on any atom is 0.343 e. The van der Waals surface area contributed by atoms with Gasteiger partial charge in [-0.25, -0.2) is 4.79 Å². The van der Waals surface area contributed by atoms with E-state index in [1.165, 1.54) is 13.2 Å². The van der Waals surface area contributed by atoms with Gasteiger partial charge in [-0.15, -0.1) is 0 Å². The lowest BCUT2D eigenvalue weighted by Crippen LogP contribution is -2.32. The van der Waals surface area contributed by atoms with Gasteiger partial charge in [0.15, 0.2) is 5.43 Å². The van der Waals surface area contributed by atoms with E-state index in [-0.39, 0.29) is 23.1 Å². The summed E-state index contributed by atoms with van der Waals surface area (Å²) in [4.78, 5) is 36.7. The van der Waals surface area contributed by atoms with Crippen LogP contribution in [0.3, 0.4) is 0 Å². The highest BCUT2D eigenvalue weighted by Gasteiger charge is 2.30. The van der Waals surface area contributed by atoms with Crippen LogP contribution in [-0.2, 0) is 18.2 Å². The molecule has 0 bridgehead atoms. The SMILES string of the molecule is COC(=O)c1cn2c(cc1=O)-c1c(cc(C)c(=O)n1C)C[C@H]2C(C)C. The molecule has 1 aliphatic rings. The van der Waals surface area contributed by atoms with Crippen LogP contribution in [0.5, 0.6) is 0 Å². The molecule has 0 fully saturated rings. The minimum absolute atomic E-state index is 0.0115. The zero-order valence-corrected chi connectivity index (χ0v) is 15.1. The van der Waals surface area contributed by atoms with Gasteiger partial charge in [0.25, 0.3) is 5.56 Å². The van der Waals surface area contributed by atoms with Crippen molar-refractivity contribution in [2.75, 3.05) is 7.11 Å². The van der Waals surface area contributed by atoms with E-state index in [4.69, 9.17) is 4.74 Å². The zero-order chi connectivity index (χ0) is 18.5. The number of aromatic nitrogens is 2. The van der Waals surface area contributed by atoms with Gasteiger partial charge in [-0.1, -0.05) is 13.8 Å². The highest BCUT2D eigenvalue weighted by Crippen LogP contribution is 2.36. The topological polar surface area (TPSA) is 70.3 Å². The predicted octanol–water partition coefficient (Wildman–Crippen LogP) is 2.06. The maximum atomic E-state index is 12.4. The van der Waals surface area contributed by atoms with E-state index in [9.17, 15) is 14.4 Å². The smallest absolute Gasteiger partial charge is 0.343 e. The van der Waals surface area contributed by atoms with E-state index in [2.05, 4.69) is 13.8 Å². The molecule has 0 radical (unpaired) electrons. The first-order valence-electron chi connectivity index (χ1n) is 8.30. The second kappa shape index (κ2) is 6.02. The van der Waals surface area contributed by atoms with Crippen LogP contribution in [0.4, 0.5) is 0 Å². The molecule has 0 saturated carbocycles. The summed E-state index contributed by atoms with van der Waals surface area (Å²) < 4.78 is 8.25. The number of esters is 1. The molecule has 0 aliphatic carbocycles. The van der Waals surface area contributed by atoms with Crippen molar-refractivity contribution in [3.05, 3.63) is 55.6 Å². The third kappa shape index (κ3) is 2.62. The van der Waals surface area contributed by atoms with Crippen LogP contribution in [0.15, 0.2) is 27.9 Å². The van der Waals surface area contributed by atoms with Crippen molar-refractivity contribution in [3.8, 4) is 11.4 Å². The van der Waals surface area contributed by atoms with Gasteiger partial charge in [-0.2, -0.15) is 0 Å². The van der Waals surface area contributed by atoms with E-state index in [0.29, 0.717) is 11.3 Å². The number of rotatable bonds is 2. The molecule has 0 spiro atoms. The second-order valence-electron chi connectivity index (χ2n) is 6.92. The monoisotopic (exact) mass is 342 g/mol. The lowest BCUT2D eigenvalue weighted by Gasteiger charge is -2.34. The Hall–Kier alpha value is -2.63. The quantitative estimate of drug-likeness (QED) is 0.784. The third-order valence-corrected chi connectivity index (χ3v) is 4.96. The number of carbonyl (C=O) groups is 1. The minimum atomic E-state index is -0.647. The van der Waals surface area contributed by atoms with Crippen molar-refractivity contribution in [1.29, 1.82) is 0 Å². The Morgan fingerprint density at radius 3 is 2.56 bits per heavy atom. The summed E-state index contributed by atoms with van der Waals surface area (Å²) >= 11 is 0. The Bertz CT molecular complexity index is 982. The zero-order valence-electron chi connectivity index (χ0n) is 15.1. The number of fused-ring (bicyclic) bond motifs is 3. The molecule has 0 saturated heterocycles. The van der Waals surface area contributed by atoms with Crippen molar-refractivity contribution >= 4 is 5.97 Å². The fourth-order valence-electron chi connectivity index (χ4n) is 3.62. The molecular weight excluding hydrogens is 320 g/mol. The third-order valence-electron chi connectivity index (χ3n) is 4.96. The number of pyridine rings is 2. The van der Waals surface area contributed by atoms with Gasteiger partial charge in [-0.3, -0.25) is 9.59 Å². The van der Waals surface area contributed by atoms with E-state index >= 15 is 0 Å². The van der Waals surface area contributed by atoms with E-state index in [1.807, 2.05) is 10.6 Å². The molecular formula is C19H22N2O4. The Labute approximate surface area is 145 Å². The number of aryl methyl sites for hydroxylation is 1. The first-order valence-corrected chi connectivity index (χ1v) is 8.30. The first kappa shape index (κ1) is 17.2. The molecule has 132 valence electrons. The molecule has 6 heteroatoms. The summed E-state index contributed by atoms with van der Waals surface area (Å²) in [5.74, 6) is -0.358. The molecule has 0 unspecified atom stereocenters. The van der Waals surface area contributed by atoms with Gasteiger partial charge in [0.05, 0.1) is 18.5 Å². The summed E-state index contributed by atoms with van der Waals surface area (Å²) in [6.45, 7) is 6.00. The van der Waals surface area contributed by atoms with Crippen LogP contribution in [0.25, 0.3) is 11.4 Å². The summed E-state index contributed by atoms with van der Waals surface area (Å²) in [7, 11) is 2.97.